The Morgan fingerprint density at radius 1 is 1.07 bits per heavy atom. The predicted molar refractivity (Wildman–Crippen MR) is 105 cm³/mol. The highest BCUT2D eigenvalue weighted by Crippen LogP contribution is 2.28. The highest BCUT2D eigenvalue weighted by atomic mass is 35.5. The molecule has 2 amide bonds. The molecule has 9 nitrogen and oxygen atoms in total. The molecule has 0 unspecified atom stereocenters. The quantitative estimate of drug-likeness (QED) is 0.460. The van der Waals surface area contributed by atoms with Gasteiger partial charge in [0.1, 0.15) is 5.02 Å². The van der Waals surface area contributed by atoms with Crippen molar-refractivity contribution in [1.82, 2.24) is 0 Å². The maximum Gasteiger partial charge on any atom is 0.314 e. The number of amides is 2. The molecule has 0 aromatic heterocycles. The first-order chi connectivity index (χ1) is 13.5. The number of hydrogen-bond acceptors (Lipinski definition) is 6. The first kappa shape index (κ1) is 19.6. The number of nitrogens with zero attached hydrogens (tertiary/aromatic N) is 2. The summed E-state index contributed by atoms with van der Waals surface area (Å²) in [5.74, 6) is -1.84. The number of halogens is 1. The fraction of sp³-hybridized carbons (Fsp3) is 0.222. The minimum absolute atomic E-state index is 0.0631. The molecule has 3 rings (SSSR count). The normalized spacial score (nSPS) is 13.7. The lowest BCUT2D eigenvalue weighted by Crippen LogP contribution is -2.37. The number of carbonyl (C=O) groups is 2. The van der Waals surface area contributed by atoms with Crippen LogP contribution >= 0.6 is 11.6 Å². The number of hydrogen-bond donors (Lipinski definition) is 2. The average Bonchev–Trinajstić information content (AvgIpc) is 2.70. The van der Waals surface area contributed by atoms with Crippen LogP contribution in [0.25, 0.3) is 0 Å². The van der Waals surface area contributed by atoms with Gasteiger partial charge in [0.2, 0.25) is 0 Å². The van der Waals surface area contributed by atoms with Crippen LogP contribution in [-0.4, -0.2) is 43.0 Å². The molecule has 0 saturated carbocycles. The number of benzene rings is 2. The van der Waals surface area contributed by atoms with E-state index in [0.717, 1.165) is 11.8 Å². The van der Waals surface area contributed by atoms with E-state index < -0.39 is 16.7 Å². The average molecular weight is 405 g/mol. The Balaban J connectivity index is 1.71. The number of nitrogens with one attached hydrogen (secondary N) is 2. The monoisotopic (exact) mass is 404 g/mol. The number of carbonyl (C=O) groups excluding carboxylic acids is 2. The maximum atomic E-state index is 12.3. The van der Waals surface area contributed by atoms with Crippen molar-refractivity contribution in [3.8, 4) is 0 Å². The van der Waals surface area contributed by atoms with E-state index in [4.69, 9.17) is 16.3 Å². The van der Waals surface area contributed by atoms with Gasteiger partial charge in [0.25, 0.3) is 5.69 Å². The molecule has 0 aliphatic carbocycles. The molecule has 10 heteroatoms. The van der Waals surface area contributed by atoms with Gasteiger partial charge < -0.3 is 20.3 Å². The van der Waals surface area contributed by atoms with Gasteiger partial charge >= 0.3 is 11.8 Å². The Morgan fingerprint density at radius 2 is 1.75 bits per heavy atom. The second-order valence-corrected chi connectivity index (χ2v) is 6.36. The van der Waals surface area contributed by atoms with Gasteiger partial charge in [-0.25, -0.2) is 0 Å². The Bertz CT molecular complexity index is 915. The molecule has 2 N–H and O–H groups in total. The van der Waals surface area contributed by atoms with Gasteiger partial charge in [-0.2, -0.15) is 0 Å². The van der Waals surface area contributed by atoms with Gasteiger partial charge in [0.05, 0.1) is 29.5 Å². The van der Waals surface area contributed by atoms with Crippen LogP contribution in [0.3, 0.4) is 0 Å². The lowest BCUT2D eigenvalue weighted by atomic mass is 10.2. The van der Waals surface area contributed by atoms with Gasteiger partial charge in [-0.15, -0.1) is 0 Å². The van der Waals surface area contributed by atoms with Gasteiger partial charge in [-0.1, -0.05) is 23.7 Å². The standard InChI is InChI=1S/C18H17ClN4O5/c19-13-6-5-12(11-16(13)23(26)27)20-17(24)18(25)21-14-3-1-2-4-15(14)22-7-9-28-10-8-22/h1-6,11H,7-10H2,(H,20,24)(H,21,25). The zero-order valence-corrected chi connectivity index (χ0v) is 15.4. The van der Waals surface area contributed by atoms with Crippen LogP contribution in [0.2, 0.25) is 5.02 Å². The van der Waals surface area contributed by atoms with Crippen molar-refractivity contribution in [2.75, 3.05) is 41.8 Å². The van der Waals surface area contributed by atoms with E-state index >= 15 is 0 Å². The second-order valence-electron chi connectivity index (χ2n) is 5.95. The summed E-state index contributed by atoms with van der Waals surface area (Å²) >= 11 is 5.74. The molecule has 0 bridgehead atoms. The lowest BCUT2D eigenvalue weighted by molar-refractivity contribution is -0.384. The summed E-state index contributed by atoms with van der Waals surface area (Å²) in [4.78, 5) is 36.8. The van der Waals surface area contributed by atoms with Crippen LogP contribution in [0.4, 0.5) is 22.7 Å². The molecule has 1 heterocycles. The highest BCUT2D eigenvalue weighted by molar-refractivity contribution is 6.44. The Labute approximate surface area is 165 Å². The van der Waals surface area contributed by atoms with Crippen LogP contribution < -0.4 is 15.5 Å². The molecule has 146 valence electrons. The number of anilines is 3. The Kier molecular flexibility index (Phi) is 6.07. The lowest BCUT2D eigenvalue weighted by Gasteiger charge is -2.30. The van der Waals surface area contributed by atoms with E-state index in [9.17, 15) is 19.7 Å². The third-order valence-corrected chi connectivity index (χ3v) is 4.43. The van der Waals surface area contributed by atoms with Crippen molar-refractivity contribution in [2.45, 2.75) is 0 Å². The summed E-state index contributed by atoms with van der Waals surface area (Å²) in [5, 5.41) is 15.8. The fourth-order valence-corrected chi connectivity index (χ4v) is 2.94. The van der Waals surface area contributed by atoms with Crippen molar-refractivity contribution in [3.63, 3.8) is 0 Å². The summed E-state index contributed by atoms with van der Waals surface area (Å²) in [6.07, 6.45) is 0. The second kappa shape index (κ2) is 8.68. The highest BCUT2D eigenvalue weighted by Gasteiger charge is 2.20. The Hall–Kier alpha value is -3.17. The third kappa shape index (κ3) is 4.56. The number of para-hydroxylation sites is 2. The molecule has 28 heavy (non-hydrogen) atoms. The molecule has 1 fully saturated rings. The summed E-state index contributed by atoms with van der Waals surface area (Å²) in [6.45, 7) is 2.51. The van der Waals surface area contributed by atoms with Crippen molar-refractivity contribution < 1.29 is 19.2 Å². The first-order valence-corrected chi connectivity index (χ1v) is 8.81. The molecule has 2 aromatic rings. The van der Waals surface area contributed by atoms with E-state index in [-0.39, 0.29) is 16.4 Å². The number of morpholine rings is 1. The topological polar surface area (TPSA) is 114 Å². The van der Waals surface area contributed by atoms with Gasteiger partial charge in [-0.3, -0.25) is 19.7 Å². The van der Waals surface area contributed by atoms with Crippen LogP contribution in [0.1, 0.15) is 0 Å². The van der Waals surface area contributed by atoms with Crippen molar-refractivity contribution >= 4 is 46.2 Å². The van der Waals surface area contributed by atoms with Gasteiger partial charge in [-0.05, 0) is 24.3 Å². The molecule has 0 atom stereocenters. The van der Waals surface area contributed by atoms with Crippen molar-refractivity contribution in [3.05, 3.63) is 57.6 Å². The van der Waals surface area contributed by atoms with E-state index in [1.54, 1.807) is 12.1 Å². The molecule has 2 aromatic carbocycles. The van der Waals surface area contributed by atoms with Crippen LogP contribution in [0, 0.1) is 10.1 Å². The number of nitro benzene ring substituents is 1. The zero-order valence-electron chi connectivity index (χ0n) is 14.7. The Morgan fingerprint density at radius 3 is 2.46 bits per heavy atom. The summed E-state index contributed by atoms with van der Waals surface area (Å²) in [7, 11) is 0. The van der Waals surface area contributed by atoms with E-state index in [0.29, 0.717) is 32.0 Å². The minimum Gasteiger partial charge on any atom is -0.378 e. The number of ether oxygens (including phenoxy) is 1. The first-order valence-electron chi connectivity index (χ1n) is 8.43. The largest absolute Gasteiger partial charge is 0.378 e. The third-order valence-electron chi connectivity index (χ3n) is 4.11. The van der Waals surface area contributed by atoms with Crippen LogP contribution in [0.5, 0.6) is 0 Å². The number of rotatable bonds is 4. The van der Waals surface area contributed by atoms with Gasteiger partial charge in [0, 0.05) is 24.8 Å². The zero-order chi connectivity index (χ0) is 20.1. The summed E-state index contributed by atoms with van der Waals surface area (Å²) in [5.41, 5.74) is 1.01. The molecule has 0 spiro atoms. The SMILES string of the molecule is O=C(Nc1ccc(Cl)c([N+](=O)[O-])c1)C(=O)Nc1ccccc1N1CCOCC1. The minimum atomic E-state index is -0.951. The molecule has 1 saturated heterocycles. The van der Waals surface area contributed by atoms with Crippen molar-refractivity contribution in [1.29, 1.82) is 0 Å². The van der Waals surface area contributed by atoms with E-state index in [1.165, 1.54) is 12.1 Å². The molecular weight excluding hydrogens is 388 g/mol. The molecular formula is C18H17ClN4O5. The molecule has 0 radical (unpaired) electrons. The fourth-order valence-electron chi connectivity index (χ4n) is 2.76. The van der Waals surface area contributed by atoms with Crippen LogP contribution in [0.15, 0.2) is 42.5 Å². The number of nitro groups is 1. The summed E-state index contributed by atoms with van der Waals surface area (Å²) in [6, 6.07) is 10.9. The van der Waals surface area contributed by atoms with Gasteiger partial charge in [0.15, 0.2) is 0 Å². The predicted octanol–water partition coefficient (Wildman–Crippen LogP) is 2.66. The van der Waals surface area contributed by atoms with E-state index in [1.807, 2.05) is 12.1 Å². The smallest absolute Gasteiger partial charge is 0.314 e. The van der Waals surface area contributed by atoms with E-state index in [2.05, 4.69) is 15.5 Å². The van der Waals surface area contributed by atoms with Crippen LogP contribution in [-0.2, 0) is 14.3 Å². The van der Waals surface area contributed by atoms with Crippen molar-refractivity contribution in [2.24, 2.45) is 0 Å². The molecule has 1 aliphatic rings. The molecule has 1 aliphatic heterocycles. The summed E-state index contributed by atoms with van der Waals surface area (Å²) < 4.78 is 5.33. The maximum absolute atomic E-state index is 12.3.